The Morgan fingerprint density at radius 2 is 1.84 bits per heavy atom. The van der Waals surface area contributed by atoms with E-state index in [9.17, 15) is 9.59 Å². The fourth-order valence-electron chi connectivity index (χ4n) is 3.19. The highest BCUT2D eigenvalue weighted by atomic mass is 16.2. The smallest absolute Gasteiger partial charge is 0.255 e. The molecule has 0 spiro atoms. The van der Waals surface area contributed by atoms with Gasteiger partial charge in [-0.05, 0) is 30.2 Å². The van der Waals surface area contributed by atoms with Crippen molar-refractivity contribution in [1.29, 1.82) is 0 Å². The van der Waals surface area contributed by atoms with E-state index in [2.05, 4.69) is 20.4 Å². The summed E-state index contributed by atoms with van der Waals surface area (Å²) in [4.78, 5) is 35.0. The number of carbonyl (C=O) groups is 2. The lowest BCUT2D eigenvalue weighted by Gasteiger charge is -2.16. The zero-order chi connectivity index (χ0) is 21.8. The summed E-state index contributed by atoms with van der Waals surface area (Å²) >= 11 is 0. The van der Waals surface area contributed by atoms with Crippen molar-refractivity contribution in [2.75, 3.05) is 18.9 Å². The molecule has 0 aliphatic heterocycles. The predicted molar refractivity (Wildman–Crippen MR) is 118 cm³/mol. The molecule has 1 N–H and O–H groups in total. The van der Waals surface area contributed by atoms with Crippen LogP contribution in [0.5, 0.6) is 0 Å². The van der Waals surface area contributed by atoms with Crippen LogP contribution >= 0.6 is 0 Å². The number of pyridine rings is 2. The normalized spacial score (nSPS) is 10.8. The van der Waals surface area contributed by atoms with Gasteiger partial charge in [-0.1, -0.05) is 36.4 Å². The summed E-state index contributed by atoms with van der Waals surface area (Å²) in [6.45, 7) is 2.42. The Morgan fingerprint density at radius 1 is 1.03 bits per heavy atom. The number of carbonyl (C=O) groups excluding carboxylic acids is 2. The first kappa shape index (κ1) is 20.2. The summed E-state index contributed by atoms with van der Waals surface area (Å²) in [7, 11) is 1.58. The van der Waals surface area contributed by atoms with Crippen LogP contribution in [0.25, 0.3) is 11.0 Å². The second-order valence-corrected chi connectivity index (χ2v) is 7.35. The van der Waals surface area contributed by atoms with Gasteiger partial charge in [0, 0.05) is 24.8 Å². The van der Waals surface area contributed by atoms with E-state index in [4.69, 9.17) is 0 Å². The summed E-state index contributed by atoms with van der Waals surface area (Å²) in [6.07, 6.45) is 4.88. The molecule has 0 fully saturated rings. The molecular formula is C23H22N6O2. The van der Waals surface area contributed by atoms with Gasteiger partial charge in [-0.15, -0.1) is 0 Å². The second kappa shape index (κ2) is 8.74. The summed E-state index contributed by atoms with van der Waals surface area (Å²) in [5.74, 6) is -0.167. The number of hydrogen-bond donors (Lipinski definition) is 1. The van der Waals surface area contributed by atoms with Gasteiger partial charge in [-0.3, -0.25) is 9.59 Å². The quantitative estimate of drug-likeness (QED) is 0.524. The number of aromatic nitrogens is 4. The van der Waals surface area contributed by atoms with E-state index < -0.39 is 0 Å². The fourth-order valence-corrected chi connectivity index (χ4v) is 3.19. The van der Waals surface area contributed by atoms with Gasteiger partial charge < -0.3 is 10.2 Å². The number of fused-ring (bicyclic) bond motifs is 1. The maximum Gasteiger partial charge on any atom is 0.255 e. The topological polar surface area (TPSA) is 93.0 Å². The fraction of sp³-hybridized carbons (Fsp3) is 0.174. The standard InChI is InChI=1S/C23H22N6O2/c1-16-8-9-20(24-11-16)27-21(30)15-28(2)23(31)19-10-18-13-26-29(22(18)25-12-19)14-17-6-4-3-5-7-17/h3-13H,14-15H2,1-2H3,(H,24,27,30). The Bertz CT molecular complexity index is 1220. The Morgan fingerprint density at radius 3 is 2.58 bits per heavy atom. The molecule has 8 heteroatoms. The van der Waals surface area contributed by atoms with E-state index in [1.165, 1.54) is 11.1 Å². The van der Waals surface area contributed by atoms with Crippen molar-refractivity contribution in [3.63, 3.8) is 0 Å². The van der Waals surface area contributed by atoms with Gasteiger partial charge in [0.05, 0.1) is 24.8 Å². The van der Waals surface area contributed by atoms with E-state index >= 15 is 0 Å². The number of nitrogens with zero attached hydrogens (tertiary/aromatic N) is 5. The molecule has 2 amide bonds. The number of rotatable bonds is 6. The van der Waals surface area contributed by atoms with Crippen LogP contribution in [0.2, 0.25) is 0 Å². The largest absolute Gasteiger partial charge is 0.332 e. The summed E-state index contributed by atoms with van der Waals surface area (Å²) in [5.41, 5.74) is 3.21. The van der Waals surface area contributed by atoms with Crippen LogP contribution in [-0.2, 0) is 11.3 Å². The van der Waals surface area contributed by atoms with Gasteiger partial charge in [0.2, 0.25) is 5.91 Å². The highest BCUT2D eigenvalue weighted by Crippen LogP contribution is 2.16. The minimum Gasteiger partial charge on any atom is -0.332 e. The minimum absolute atomic E-state index is 0.0975. The van der Waals surface area contributed by atoms with Crippen LogP contribution in [-0.4, -0.2) is 50.1 Å². The lowest BCUT2D eigenvalue weighted by Crippen LogP contribution is -2.35. The summed E-state index contributed by atoms with van der Waals surface area (Å²) in [6, 6.07) is 15.3. The highest BCUT2D eigenvalue weighted by molar-refractivity contribution is 6.00. The number of likely N-dealkylation sites (N-methyl/N-ethyl adjacent to an activating group) is 1. The zero-order valence-electron chi connectivity index (χ0n) is 17.3. The molecule has 0 aliphatic rings. The summed E-state index contributed by atoms with van der Waals surface area (Å²) in [5, 5.41) is 7.85. The van der Waals surface area contributed by atoms with Gasteiger partial charge in [0.1, 0.15) is 5.82 Å². The molecule has 3 heterocycles. The SMILES string of the molecule is Cc1ccc(NC(=O)CN(C)C(=O)c2cnc3c(cnn3Cc3ccccc3)c2)nc1. The predicted octanol–water partition coefficient (Wildman–Crippen LogP) is 2.89. The number of nitrogens with one attached hydrogen (secondary N) is 1. The second-order valence-electron chi connectivity index (χ2n) is 7.35. The molecule has 0 saturated carbocycles. The molecule has 4 aromatic rings. The first-order chi connectivity index (χ1) is 15.0. The molecule has 0 bridgehead atoms. The van der Waals surface area contributed by atoms with Gasteiger partial charge in [-0.25, -0.2) is 14.6 Å². The van der Waals surface area contributed by atoms with Crippen molar-refractivity contribution in [3.8, 4) is 0 Å². The highest BCUT2D eigenvalue weighted by Gasteiger charge is 2.17. The first-order valence-corrected chi connectivity index (χ1v) is 9.83. The third-order valence-electron chi connectivity index (χ3n) is 4.80. The Kier molecular flexibility index (Phi) is 5.70. The Balaban J connectivity index is 1.43. The lowest BCUT2D eigenvalue weighted by atomic mass is 10.2. The molecular weight excluding hydrogens is 392 g/mol. The van der Waals surface area contributed by atoms with E-state index in [0.29, 0.717) is 23.6 Å². The Hall–Kier alpha value is -4.07. The molecule has 1 aromatic carbocycles. The molecule has 0 aliphatic carbocycles. The van der Waals surface area contributed by atoms with Crippen molar-refractivity contribution in [3.05, 3.63) is 83.8 Å². The Labute approximate surface area is 179 Å². The van der Waals surface area contributed by atoms with Crippen LogP contribution in [0, 0.1) is 6.92 Å². The van der Waals surface area contributed by atoms with E-state index in [1.54, 1.807) is 36.3 Å². The van der Waals surface area contributed by atoms with Crippen LogP contribution in [0.4, 0.5) is 5.82 Å². The van der Waals surface area contributed by atoms with Crippen molar-refractivity contribution in [2.24, 2.45) is 0 Å². The summed E-state index contributed by atoms with van der Waals surface area (Å²) < 4.78 is 1.80. The van der Waals surface area contributed by atoms with Crippen LogP contribution < -0.4 is 5.32 Å². The van der Waals surface area contributed by atoms with Crippen LogP contribution in [0.1, 0.15) is 21.5 Å². The molecule has 31 heavy (non-hydrogen) atoms. The number of aryl methyl sites for hydroxylation is 1. The third-order valence-corrected chi connectivity index (χ3v) is 4.80. The molecule has 0 saturated heterocycles. The molecule has 0 radical (unpaired) electrons. The van der Waals surface area contributed by atoms with E-state index in [-0.39, 0.29) is 18.4 Å². The number of hydrogen-bond acceptors (Lipinski definition) is 5. The van der Waals surface area contributed by atoms with Gasteiger partial charge in [-0.2, -0.15) is 5.10 Å². The number of amides is 2. The number of anilines is 1. The van der Waals surface area contributed by atoms with Crippen LogP contribution in [0.3, 0.4) is 0 Å². The average Bonchev–Trinajstić information content (AvgIpc) is 3.17. The van der Waals surface area contributed by atoms with Gasteiger partial charge in [0.15, 0.2) is 5.65 Å². The first-order valence-electron chi connectivity index (χ1n) is 9.83. The minimum atomic E-state index is -0.322. The van der Waals surface area contributed by atoms with Crippen molar-refractivity contribution in [1.82, 2.24) is 24.6 Å². The molecule has 8 nitrogen and oxygen atoms in total. The maximum absolute atomic E-state index is 12.8. The average molecular weight is 414 g/mol. The number of benzene rings is 1. The molecule has 0 atom stereocenters. The molecule has 156 valence electrons. The van der Waals surface area contributed by atoms with Crippen molar-refractivity contribution in [2.45, 2.75) is 13.5 Å². The van der Waals surface area contributed by atoms with Crippen molar-refractivity contribution >= 4 is 28.7 Å². The van der Waals surface area contributed by atoms with Crippen molar-refractivity contribution < 1.29 is 9.59 Å². The molecule has 4 rings (SSSR count). The maximum atomic E-state index is 12.8. The van der Waals surface area contributed by atoms with Gasteiger partial charge in [0.25, 0.3) is 5.91 Å². The van der Waals surface area contributed by atoms with Gasteiger partial charge >= 0.3 is 0 Å². The molecule has 3 aromatic heterocycles. The third kappa shape index (κ3) is 4.75. The van der Waals surface area contributed by atoms with E-state index in [0.717, 1.165) is 16.5 Å². The lowest BCUT2D eigenvalue weighted by molar-refractivity contribution is -0.116. The monoisotopic (exact) mass is 414 g/mol. The molecule has 0 unspecified atom stereocenters. The van der Waals surface area contributed by atoms with Crippen LogP contribution in [0.15, 0.2) is 67.1 Å². The zero-order valence-corrected chi connectivity index (χ0v) is 17.3. The van der Waals surface area contributed by atoms with E-state index in [1.807, 2.05) is 43.3 Å².